The van der Waals surface area contributed by atoms with E-state index in [2.05, 4.69) is 33.5 Å². The van der Waals surface area contributed by atoms with Crippen molar-refractivity contribution < 1.29 is 48.5 Å². The highest BCUT2D eigenvalue weighted by molar-refractivity contribution is 6.02. The molecule has 3 heterocycles. The molecular formula is C53H75N9O10. The lowest BCUT2D eigenvalue weighted by molar-refractivity contribution is -0.144. The third kappa shape index (κ3) is 15.1. The fraction of sp³-hybridized carbons (Fsp3) is 0.566. The number of benzene rings is 3. The van der Waals surface area contributed by atoms with Crippen LogP contribution in [0.1, 0.15) is 120 Å². The van der Waals surface area contributed by atoms with E-state index in [1.165, 1.54) is 54.5 Å². The Morgan fingerprint density at radius 3 is 2.25 bits per heavy atom. The van der Waals surface area contributed by atoms with Gasteiger partial charge in [0.2, 0.25) is 35.4 Å². The largest absolute Gasteiger partial charge is 0.508 e. The number of nitrogens with one attached hydrogen (secondary N) is 5. The van der Waals surface area contributed by atoms with E-state index in [1.54, 1.807) is 30.3 Å². The summed E-state index contributed by atoms with van der Waals surface area (Å²) in [5, 5.41) is 36.5. The van der Waals surface area contributed by atoms with Crippen molar-refractivity contribution in [3.05, 3.63) is 71.8 Å². The molecule has 0 aromatic heterocycles. The molecule has 11 N–H and O–H groups in total. The van der Waals surface area contributed by atoms with Crippen LogP contribution in [0.25, 0.3) is 10.8 Å². The van der Waals surface area contributed by atoms with Crippen LogP contribution in [0.3, 0.4) is 0 Å². The second kappa shape index (κ2) is 26.9. The maximum Gasteiger partial charge on any atom is 0.251 e. The second-order valence-electron chi connectivity index (χ2n) is 19.5. The van der Waals surface area contributed by atoms with Crippen molar-refractivity contribution in [3.8, 4) is 11.5 Å². The number of rotatable bonds is 17. The summed E-state index contributed by atoms with van der Waals surface area (Å²) >= 11 is 0. The minimum Gasteiger partial charge on any atom is -0.508 e. The van der Waals surface area contributed by atoms with Gasteiger partial charge in [-0.3, -0.25) is 33.6 Å². The molecule has 3 saturated heterocycles. The van der Waals surface area contributed by atoms with E-state index in [0.717, 1.165) is 34.9 Å². The van der Waals surface area contributed by atoms with E-state index in [-0.39, 0.29) is 82.4 Å². The van der Waals surface area contributed by atoms with Crippen molar-refractivity contribution in [2.45, 2.75) is 159 Å². The quantitative estimate of drug-likeness (QED) is 0.0882. The lowest BCUT2D eigenvalue weighted by atomic mass is 10.0. The number of unbranched alkanes of at least 4 members (excludes halogenated alkanes) is 5. The summed E-state index contributed by atoms with van der Waals surface area (Å²) in [6.45, 7) is 4.53. The Morgan fingerprint density at radius 2 is 1.50 bits per heavy atom. The van der Waals surface area contributed by atoms with Gasteiger partial charge < -0.3 is 62.8 Å². The number of aliphatic hydroxyl groups is 1. The van der Waals surface area contributed by atoms with E-state index in [9.17, 15) is 43.8 Å². The molecule has 392 valence electrons. The zero-order valence-electron chi connectivity index (χ0n) is 41.7. The molecule has 72 heavy (non-hydrogen) atoms. The van der Waals surface area contributed by atoms with Crippen LogP contribution < -0.4 is 42.8 Å². The highest BCUT2D eigenvalue weighted by atomic mass is 16.5. The summed E-state index contributed by atoms with van der Waals surface area (Å²) in [6, 6.07) is 9.41. The topological polar surface area (TPSA) is 288 Å². The number of carbonyl (C=O) groups is 7. The number of hydrogen-bond acceptors (Lipinski definition) is 12. The molecule has 19 heteroatoms. The number of aromatic hydroxyl groups is 1. The number of ether oxygens (including phenoxy) is 1. The first-order chi connectivity index (χ1) is 34.7. The number of hydrogen-bond donors (Lipinski definition) is 9. The summed E-state index contributed by atoms with van der Waals surface area (Å²) in [4.78, 5) is 102. The molecule has 0 saturated carbocycles. The molecule has 0 bridgehead atoms. The van der Waals surface area contributed by atoms with Crippen LogP contribution in [0.4, 0.5) is 0 Å². The average molecular weight is 998 g/mol. The molecule has 3 aliphatic heterocycles. The van der Waals surface area contributed by atoms with E-state index < -0.39 is 89.7 Å². The molecular weight excluding hydrogens is 923 g/mol. The molecule has 0 spiro atoms. The van der Waals surface area contributed by atoms with Crippen LogP contribution in [0.2, 0.25) is 0 Å². The van der Waals surface area contributed by atoms with Crippen molar-refractivity contribution in [2.75, 3.05) is 32.8 Å². The molecule has 3 aromatic carbocycles. The zero-order valence-corrected chi connectivity index (χ0v) is 41.7. The van der Waals surface area contributed by atoms with Crippen molar-refractivity contribution in [1.82, 2.24) is 36.4 Å². The Morgan fingerprint density at radius 1 is 0.778 bits per heavy atom. The predicted octanol–water partition coefficient (Wildman–Crippen LogP) is 2.42. The van der Waals surface area contributed by atoms with Gasteiger partial charge in [-0.1, -0.05) is 63.3 Å². The van der Waals surface area contributed by atoms with Crippen LogP contribution >= 0.6 is 0 Å². The number of nitrogens with two attached hydrogens (primary N) is 2. The number of aryl methyl sites for hydroxylation is 1. The first-order valence-corrected chi connectivity index (χ1v) is 25.9. The standard InChI is InChI=1S/C53H75N9O10/c1-3-4-5-6-7-8-28-72-40-23-20-35-29-37(19-18-36(35)30-40)47(65)57-41-13-10-26-56-50(68)45-31-38(55)32-62(45)52(70)43(12-9-25-54)59-48(66)42(24-17-34-15-21-39(64)22-16-34)58-51(69)44-14-11-27-61(44)53(71)46(33(2)63)60-49(41)67/h15-16,18-23,29-30,33,38,41-46,63-64H,3-14,17,24-28,31-32,54-55H2,1-2H3,(H,56,68)(H,57,65)(H,58,69)(H,59,66)(H,60,67)/t33?,38?,41-,42-,43-,44-,45-,46-/m0/s1. The lowest BCUT2D eigenvalue weighted by Gasteiger charge is -2.32. The van der Waals surface area contributed by atoms with Gasteiger partial charge in [-0.25, -0.2) is 0 Å². The molecule has 3 aliphatic rings. The Labute approximate surface area is 421 Å². The number of aliphatic hydroxyl groups excluding tert-OH is 1. The summed E-state index contributed by atoms with van der Waals surface area (Å²) in [5.74, 6) is -3.68. The number of phenols is 1. The van der Waals surface area contributed by atoms with Crippen LogP contribution in [0, 0.1) is 0 Å². The van der Waals surface area contributed by atoms with Crippen LogP contribution in [0.15, 0.2) is 60.7 Å². The minimum absolute atomic E-state index is 0.00818. The molecule has 2 unspecified atom stereocenters. The molecule has 3 fully saturated rings. The van der Waals surface area contributed by atoms with Gasteiger partial charge in [0, 0.05) is 31.2 Å². The zero-order chi connectivity index (χ0) is 51.7. The minimum atomic E-state index is -1.53. The van der Waals surface area contributed by atoms with E-state index >= 15 is 0 Å². The van der Waals surface area contributed by atoms with Crippen LogP contribution in [-0.2, 0) is 35.2 Å². The number of phenolic OH excluding ortho intramolecular Hbond substituents is 1. The first-order valence-electron chi connectivity index (χ1n) is 25.9. The Balaban J connectivity index is 1.25. The lowest BCUT2D eigenvalue weighted by Crippen LogP contribution is -2.61. The van der Waals surface area contributed by atoms with Crippen molar-refractivity contribution in [2.24, 2.45) is 11.5 Å². The fourth-order valence-electron chi connectivity index (χ4n) is 9.72. The van der Waals surface area contributed by atoms with E-state index in [0.29, 0.717) is 19.4 Å². The summed E-state index contributed by atoms with van der Waals surface area (Å²) < 4.78 is 6.01. The third-order valence-electron chi connectivity index (χ3n) is 13.8. The van der Waals surface area contributed by atoms with E-state index in [1.807, 2.05) is 18.2 Å². The maximum absolute atomic E-state index is 14.4. The summed E-state index contributed by atoms with van der Waals surface area (Å²) in [5.41, 5.74) is 13.2. The summed E-state index contributed by atoms with van der Waals surface area (Å²) in [7, 11) is 0. The molecule has 0 aliphatic carbocycles. The molecule has 8 atom stereocenters. The molecule has 0 radical (unpaired) electrons. The van der Waals surface area contributed by atoms with Crippen molar-refractivity contribution >= 4 is 52.1 Å². The van der Waals surface area contributed by atoms with Gasteiger partial charge in [0.25, 0.3) is 5.91 Å². The average Bonchev–Trinajstić information content (AvgIpc) is 4.03. The smallest absolute Gasteiger partial charge is 0.251 e. The van der Waals surface area contributed by atoms with Gasteiger partial charge in [-0.2, -0.15) is 0 Å². The second-order valence-corrected chi connectivity index (χ2v) is 19.5. The predicted molar refractivity (Wildman–Crippen MR) is 271 cm³/mol. The number of amides is 7. The van der Waals surface area contributed by atoms with Gasteiger partial charge in [0.05, 0.1) is 12.7 Å². The van der Waals surface area contributed by atoms with Crippen LogP contribution in [0.5, 0.6) is 11.5 Å². The molecule has 7 amide bonds. The third-order valence-corrected chi connectivity index (χ3v) is 13.8. The monoisotopic (exact) mass is 998 g/mol. The number of nitrogens with zero attached hydrogens (tertiary/aromatic N) is 2. The SMILES string of the molecule is CCCCCCCCOc1ccc2cc(C(=O)N[C@H]3CCCNC(=O)[C@@H]4CC(N)CN4C(=O)[C@H](CCCN)NC(=O)[C@H](CCc4ccc(O)cc4)NC(=O)[C@@H]4CCCN4C(=O)[C@H](C(C)O)NC3=O)ccc2c1. The molecule has 3 aromatic rings. The highest BCUT2D eigenvalue weighted by Crippen LogP contribution is 2.25. The van der Waals surface area contributed by atoms with E-state index in [4.69, 9.17) is 16.2 Å². The van der Waals surface area contributed by atoms with Crippen molar-refractivity contribution in [1.29, 1.82) is 0 Å². The van der Waals surface area contributed by atoms with Gasteiger partial charge in [0.1, 0.15) is 47.8 Å². The molecule has 19 nitrogen and oxygen atoms in total. The van der Waals surface area contributed by atoms with Gasteiger partial charge >= 0.3 is 0 Å². The normalized spacial score (nSPS) is 24.3. The Kier molecular flexibility index (Phi) is 20.6. The number of fused-ring (bicyclic) bond motifs is 3. The van der Waals surface area contributed by atoms with Gasteiger partial charge in [-0.15, -0.1) is 0 Å². The molecule has 6 rings (SSSR count). The first kappa shape index (κ1) is 55.0. The maximum atomic E-state index is 14.4. The Hall–Kier alpha value is -6.31. The van der Waals surface area contributed by atoms with Crippen LogP contribution in [-0.4, -0.2) is 143 Å². The Bertz CT molecular complexity index is 2350. The fourth-order valence-corrected chi connectivity index (χ4v) is 9.72. The van der Waals surface area contributed by atoms with Crippen molar-refractivity contribution in [3.63, 3.8) is 0 Å². The van der Waals surface area contributed by atoms with Gasteiger partial charge in [-0.05, 0) is 130 Å². The summed E-state index contributed by atoms with van der Waals surface area (Å²) in [6.07, 6.45) is 7.23. The van der Waals surface area contributed by atoms with Gasteiger partial charge in [0.15, 0.2) is 0 Å². The number of carbonyl (C=O) groups excluding carboxylic acids is 7. The highest BCUT2D eigenvalue weighted by Gasteiger charge is 2.43.